The van der Waals surface area contributed by atoms with Crippen LogP contribution in [0.15, 0.2) is 64.5 Å². The average Bonchev–Trinajstić information content (AvgIpc) is 2.57. The molecular formula is C18H17ClFNOS. The maximum atomic E-state index is 12.9. The van der Waals surface area contributed by atoms with Gasteiger partial charge in [-0.05, 0) is 36.2 Å². The first-order valence-corrected chi connectivity index (χ1v) is 8.58. The number of carbonyl (C=O) groups excluding carboxylic acids is 1. The van der Waals surface area contributed by atoms with Crippen LogP contribution in [0.25, 0.3) is 0 Å². The van der Waals surface area contributed by atoms with E-state index < -0.39 is 0 Å². The van der Waals surface area contributed by atoms with Crippen molar-refractivity contribution < 1.29 is 9.18 Å². The van der Waals surface area contributed by atoms with Crippen molar-refractivity contribution >= 4 is 35.0 Å². The summed E-state index contributed by atoms with van der Waals surface area (Å²) in [6.45, 7) is 1.90. The third-order valence-electron chi connectivity index (χ3n) is 3.09. The number of amides is 1. The number of anilines is 1. The first-order chi connectivity index (χ1) is 11.1. The minimum Gasteiger partial charge on any atom is -0.322 e. The largest absolute Gasteiger partial charge is 0.322 e. The molecule has 2 aromatic carbocycles. The van der Waals surface area contributed by atoms with Crippen molar-refractivity contribution in [3.05, 3.63) is 75.9 Å². The highest BCUT2D eigenvalue weighted by molar-refractivity contribution is 8.03. The molecule has 0 fully saturated rings. The minimum absolute atomic E-state index is 0.274. The van der Waals surface area contributed by atoms with Crippen LogP contribution in [0.4, 0.5) is 10.1 Å². The van der Waals surface area contributed by atoms with Gasteiger partial charge in [-0.15, -0.1) is 11.8 Å². The first kappa shape index (κ1) is 17.6. The molecule has 0 aliphatic heterocycles. The maximum absolute atomic E-state index is 12.9. The lowest BCUT2D eigenvalue weighted by atomic mass is 10.2. The number of allylic oxidation sites excluding steroid dienone is 1. The Bertz CT molecular complexity index is 686. The molecule has 0 aliphatic rings. The lowest BCUT2D eigenvalue weighted by Gasteiger charge is -2.11. The summed E-state index contributed by atoms with van der Waals surface area (Å²) in [5, 5.41) is 3.27. The molecule has 0 unspecified atom stereocenters. The minimum atomic E-state index is -0.344. The van der Waals surface area contributed by atoms with Crippen molar-refractivity contribution in [3.8, 4) is 0 Å². The van der Waals surface area contributed by atoms with Crippen LogP contribution in [0.1, 0.15) is 18.9 Å². The van der Waals surface area contributed by atoms with E-state index in [1.807, 2.05) is 37.3 Å². The van der Waals surface area contributed by atoms with Gasteiger partial charge in [0.1, 0.15) is 5.82 Å². The zero-order valence-electron chi connectivity index (χ0n) is 12.7. The van der Waals surface area contributed by atoms with Gasteiger partial charge in [-0.2, -0.15) is 0 Å². The molecule has 1 N–H and O–H groups in total. The van der Waals surface area contributed by atoms with Gasteiger partial charge in [0.05, 0.1) is 4.91 Å². The molecule has 0 saturated carbocycles. The number of nitrogens with one attached hydrogen (secondary N) is 1. The van der Waals surface area contributed by atoms with E-state index in [9.17, 15) is 9.18 Å². The summed E-state index contributed by atoms with van der Waals surface area (Å²) >= 11 is 7.62. The molecule has 0 atom stereocenters. The highest BCUT2D eigenvalue weighted by Gasteiger charge is 2.15. The SMILES string of the molecule is CC/C(Cl)=C(/SCc1ccccc1)C(=O)Nc1ccc(F)cc1. The Kier molecular flexibility index (Phi) is 6.68. The number of hydrogen-bond acceptors (Lipinski definition) is 2. The summed E-state index contributed by atoms with van der Waals surface area (Å²) < 4.78 is 12.9. The third kappa shape index (κ3) is 5.41. The van der Waals surface area contributed by atoms with Gasteiger partial charge in [0.2, 0.25) is 0 Å². The van der Waals surface area contributed by atoms with Crippen molar-refractivity contribution in [1.82, 2.24) is 0 Å². The van der Waals surface area contributed by atoms with Crippen molar-refractivity contribution in [2.24, 2.45) is 0 Å². The molecule has 0 radical (unpaired) electrons. The highest BCUT2D eigenvalue weighted by atomic mass is 35.5. The molecule has 0 bridgehead atoms. The number of thioether (sulfide) groups is 1. The maximum Gasteiger partial charge on any atom is 0.263 e. The Morgan fingerprint density at radius 3 is 2.39 bits per heavy atom. The zero-order chi connectivity index (χ0) is 16.7. The van der Waals surface area contributed by atoms with Gasteiger partial charge in [-0.25, -0.2) is 4.39 Å². The van der Waals surface area contributed by atoms with Crippen LogP contribution in [-0.4, -0.2) is 5.91 Å². The fourth-order valence-electron chi connectivity index (χ4n) is 1.88. The molecule has 0 aromatic heterocycles. The molecule has 0 aliphatic carbocycles. The molecule has 5 heteroatoms. The summed E-state index contributed by atoms with van der Waals surface area (Å²) in [7, 11) is 0. The topological polar surface area (TPSA) is 29.1 Å². The van der Waals surface area contributed by atoms with E-state index in [1.165, 1.54) is 36.0 Å². The van der Waals surface area contributed by atoms with Crippen molar-refractivity contribution in [2.45, 2.75) is 19.1 Å². The van der Waals surface area contributed by atoms with Gasteiger partial charge >= 0.3 is 0 Å². The second-order valence-corrected chi connectivity index (χ2v) is 6.26. The van der Waals surface area contributed by atoms with Gasteiger partial charge in [-0.3, -0.25) is 4.79 Å². The van der Waals surface area contributed by atoms with Crippen LogP contribution in [-0.2, 0) is 10.5 Å². The summed E-state index contributed by atoms with van der Waals surface area (Å²) in [4.78, 5) is 12.9. The van der Waals surface area contributed by atoms with Crippen LogP contribution >= 0.6 is 23.4 Å². The van der Waals surface area contributed by atoms with E-state index in [0.29, 0.717) is 27.8 Å². The molecule has 2 aromatic rings. The monoisotopic (exact) mass is 349 g/mol. The third-order valence-corrected chi connectivity index (χ3v) is 4.86. The number of carbonyl (C=O) groups is 1. The summed E-state index contributed by atoms with van der Waals surface area (Å²) in [6, 6.07) is 15.5. The summed E-state index contributed by atoms with van der Waals surface area (Å²) in [5.41, 5.74) is 1.65. The first-order valence-electron chi connectivity index (χ1n) is 7.22. The van der Waals surface area contributed by atoms with Crippen LogP contribution in [0.2, 0.25) is 0 Å². The molecule has 1 amide bonds. The molecule has 0 saturated heterocycles. The van der Waals surface area contributed by atoms with Gasteiger partial charge in [0, 0.05) is 16.5 Å². The van der Waals surface area contributed by atoms with Crippen molar-refractivity contribution in [1.29, 1.82) is 0 Å². The van der Waals surface area contributed by atoms with Crippen LogP contribution < -0.4 is 5.32 Å². The quantitative estimate of drug-likeness (QED) is 0.692. The lowest BCUT2D eigenvalue weighted by Crippen LogP contribution is -2.14. The second kappa shape index (κ2) is 8.75. The van der Waals surface area contributed by atoms with Crippen molar-refractivity contribution in [3.63, 3.8) is 0 Å². The number of benzene rings is 2. The highest BCUT2D eigenvalue weighted by Crippen LogP contribution is 2.29. The fraction of sp³-hybridized carbons (Fsp3) is 0.167. The zero-order valence-corrected chi connectivity index (χ0v) is 14.3. The Hall–Kier alpha value is -1.78. The molecule has 2 rings (SSSR count). The number of halogens is 2. The predicted molar refractivity (Wildman–Crippen MR) is 95.9 cm³/mol. The fourth-order valence-corrected chi connectivity index (χ4v) is 3.11. The second-order valence-electron chi connectivity index (χ2n) is 4.82. The van der Waals surface area contributed by atoms with Crippen LogP contribution in [0.3, 0.4) is 0 Å². The van der Waals surface area contributed by atoms with Gasteiger partial charge < -0.3 is 5.32 Å². The molecule has 120 valence electrons. The molecule has 2 nitrogen and oxygen atoms in total. The van der Waals surface area contributed by atoms with Crippen LogP contribution in [0.5, 0.6) is 0 Å². The molecule has 0 spiro atoms. The lowest BCUT2D eigenvalue weighted by molar-refractivity contribution is -0.112. The average molecular weight is 350 g/mol. The van der Waals surface area contributed by atoms with Crippen molar-refractivity contribution in [2.75, 3.05) is 5.32 Å². The van der Waals surface area contributed by atoms with E-state index in [1.54, 1.807) is 0 Å². The molecule has 0 heterocycles. The Morgan fingerprint density at radius 1 is 1.13 bits per heavy atom. The van der Waals surface area contributed by atoms with E-state index >= 15 is 0 Å². The normalized spacial score (nSPS) is 11.8. The summed E-state index contributed by atoms with van der Waals surface area (Å²) in [6.07, 6.45) is 0.579. The van der Waals surface area contributed by atoms with Gasteiger partial charge in [0.25, 0.3) is 5.91 Å². The van der Waals surface area contributed by atoms with Crippen LogP contribution in [0, 0.1) is 5.82 Å². The summed E-state index contributed by atoms with van der Waals surface area (Å²) in [5.74, 6) is 0.0386. The standard InChI is InChI=1S/C18H17ClFNOS/c1-2-16(19)17(23-12-13-6-4-3-5-7-13)18(22)21-15-10-8-14(20)9-11-15/h3-11H,2,12H2,1H3,(H,21,22)/b17-16-. The predicted octanol–water partition coefficient (Wildman–Crippen LogP) is 5.56. The molecular weight excluding hydrogens is 333 g/mol. The number of rotatable bonds is 6. The smallest absolute Gasteiger partial charge is 0.263 e. The van der Waals surface area contributed by atoms with E-state index in [-0.39, 0.29) is 11.7 Å². The van der Waals surface area contributed by atoms with E-state index in [4.69, 9.17) is 11.6 Å². The Morgan fingerprint density at radius 2 is 1.78 bits per heavy atom. The Labute approximate surface area is 144 Å². The van der Waals surface area contributed by atoms with Gasteiger partial charge in [0.15, 0.2) is 0 Å². The number of hydrogen-bond donors (Lipinski definition) is 1. The van der Waals surface area contributed by atoms with Gasteiger partial charge in [-0.1, -0.05) is 48.9 Å². The molecule has 23 heavy (non-hydrogen) atoms. The Balaban J connectivity index is 2.08. The van der Waals surface area contributed by atoms with E-state index in [0.717, 1.165) is 5.56 Å². The van der Waals surface area contributed by atoms with E-state index in [2.05, 4.69) is 5.32 Å².